The molecular formula is C22H46Br2OSi. The second-order valence-electron chi connectivity index (χ2n) is 8.91. The van der Waals surface area contributed by atoms with Crippen LogP contribution in [0.1, 0.15) is 106 Å². The van der Waals surface area contributed by atoms with Gasteiger partial charge in [-0.05, 0) is 48.7 Å². The summed E-state index contributed by atoms with van der Waals surface area (Å²) >= 11 is 7.47. The molecule has 26 heavy (non-hydrogen) atoms. The van der Waals surface area contributed by atoms with Gasteiger partial charge in [0.25, 0.3) is 0 Å². The standard InChI is InChI=1S/C22H46Br2OSi/c1-8-9-10-14-22(16-15-21(24)13-11-12-17-23)25-26(18(2)3,19(4)5)20(6)7/h18-22H,8-17H2,1-7H3/t21-,22+/m1/s1. The fraction of sp³-hybridized carbons (Fsp3) is 1.00. The van der Waals surface area contributed by atoms with E-state index in [-0.39, 0.29) is 0 Å². The molecule has 0 spiro atoms. The Morgan fingerprint density at radius 3 is 1.73 bits per heavy atom. The highest BCUT2D eigenvalue weighted by atomic mass is 79.9. The van der Waals surface area contributed by atoms with Crippen LogP contribution >= 0.6 is 31.9 Å². The van der Waals surface area contributed by atoms with E-state index in [4.69, 9.17) is 4.43 Å². The van der Waals surface area contributed by atoms with Gasteiger partial charge in [0.2, 0.25) is 8.32 Å². The predicted molar refractivity (Wildman–Crippen MR) is 130 cm³/mol. The molecule has 0 aliphatic rings. The zero-order valence-corrected chi connectivity index (χ0v) is 22.8. The van der Waals surface area contributed by atoms with Crippen molar-refractivity contribution in [2.75, 3.05) is 5.33 Å². The number of unbranched alkanes of at least 4 members (excludes halogenated alkanes) is 3. The summed E-state index contributed by atoms with van der Waals surface area (Å²) < 4.78 is 7.16. The summed E-state index contributed by atoms with van der Waals surface area (Å²) in [6.07, 6.45) is 12.0. The van der Waals surface area contributed by atoms with Crippen LogP contribution in [0.3, 0.4) is 0 Å². The van der Waals surface area contributed by atoms with E-state index in [1.807, 2.05) is 0 Å². The Hall–Kier alpha value is 1.14. The highest BCUT2D eigenvalue weighted by Crippen LogP contribution is 2.44. The predicted octanol–water partition coefficient (Wildman–Crippen LogP) is 9.24. The molecular weight excluding hydrogens is 468 g/mol. The van der Waals surface area contributed by atoms with Gasteiger partial charge in [0.05, 0.1) is 0 Å². The van der Waals surface area contributed by atoms with E-state index >= 15 is 0 Å². The zero-order valence-electron chi connectivity index (χ0n) is 18.6. The molecule has 2 atom stereocenters. The lowest BCUT2D eigenvalue weighted by molar-refractivity contribution is 0.148. The average molecular weight is 515 g/mol. The molecule has 0 aromatic carbocycles. The van der Waals surface area contributed by atoms with Crippen molar-refractivity contribution in [3.63, 3.8) is 0 Å². The molecule has 0 aliphatic carbocycles. The van der Waals surface area contributed by atoms with Crippen LogP contribution in [0, 0.1) is 0 Å². The summed E-state index contributed by atoms with van der Waals surface area (Å²) in [7, 11) is -1.78. The lowest BCUT2D eigenvalue weighted by Gasteiger charge is -2.45. The van der Waals surface area contributed by atoms with Crippen molar-refractivity contribution in [3.05, 3.63) is 0 Å². The van der Waals surface area contributed by atoms with Crippen LogP contribution in [-0.2, 0) is 4.43 Å². The van der Waals surface area contributed by atoms with Crippen LogP contribution in [0.5, 0.6) is 0 Å². The molecule has 0 saturated heterocycles. The lowest BCUT2D eigenvalue weighted by atomic mass is 10.0. The van der Waals surface area contributed by atoms with E-state index in [0.717, 1.165) is 5.33 Å². The number of halogens is 2. The number of hydrogen-bond donors (Lipinski definition) is 0. The number of alkyl halides is 2. The lowest BCUT2D eigenvalue weighted by Crippen LogP contribution is -2.50. The van der Waals surface area contributed by atoms with Crippen LogP contribution < -0.4 is 0 Å². The smallest absolute Gasteiger partial charge is 0.200 e. The molecule has 1 nitrogen and oxygen atoms in total. The summed E-state index contributed by atoms with van der Waals surface area (Å²) in [4.78, 5) is 0.645. The maximum Gasteiger partial charge on any atom is 0.200 e. The van der Waals surface area contributed by atoms with Crippen molar-refractivity contribution in [1.29, 1.82) is 0 Å². The first-order valence-electron chi connectivity index (χ1n) is 11.1. The van der Waals surface area contributed by atoms with Crippen molar-refractivity contribution in [2.24, 2.45) is 0 Å². The average Bonchev–Trinajstić information content (AvgIpc) is 2.56. The molecule has 0 radical (unpaired) electrons. The van der Waals surface area contributed by atoms with Gasteiger partial charge in [-0.2, -0.15) is 0 Å². The van der Waals surface area contributed by atoms with Crippen LogP contribution in [0.4, 0.5) is 0 Å². The molecule has 0 aromatic rings. The van der Waals surface area contributed by atoms with Crippen LogP contribution in [0.2, 0.25) is 16.6 Å². The summed E-state index contributed by atoms with van der Waals surface area (Å²) in [5.74, 6) is 0. The highest BCUT2D eigenvalue weighted by molar-refractivity contribution is 9.09. The molecule has 0 amide bonds. The number of hydrogen-bond acceptors (Lipinski definition) is 1. The van der Waals surface area contributed by atoms with E-state index < -0.39 is 8.32 Å². The van der Waals surface area contributed by atoms with Crippen molar-refractivity contribution < 1.29 is 4.43 Å². The minimum absolute atomic E-state index is 0.455. The molecule has 158 valence electrons. The molecule has 0 N–H and O–H groups in total. The Morgan fingerprint density at radius 2 is 1.27 bits per heavy atom. The van der Waals surface area contributed by atoms with Crippen LogP contribution in [0.25, 0.3) is 0 Å². The number of rotatable bonds is 16. The topological polar surface area (TPSA) is 9.23 Å². The van der Waals surface area contributed by atoms with Crippen molar-refractivity contribution in [2.45, 2.75) is 134 Å². The van der Waals surface area contributed by atoms with Gasteiger partial charge >= 0.3 is 0 Å². The van der Waals surface area contributed by atoms with Crippen molar-refractivity contribution >= 4 is 40.2 Å². The maximum absolute atomic E-state index is 7.16. The monoisotopic (exact) mass is 512 g/mol. The van der Waals surface area contributed by atoms with E-state index in [9.17, 15) is 0 Å². The molecule has 0 aromatic heterocycles. The second-order valence-corrected chi connectivity index (χ2v) is 16.4. The van der Waals surface area contributed by atoms with Crippen LogP contribution in [-0.4, -0.2) is 24.6 Å². The third kappa shape index (κ3) is 9.56. The first-order chi connectivity index (χ1) is 12.2. The first kappa shape index (κ1) is 27.1. The molecule has 0 saturated carbocycles. The fourth-order valence-electron chi connectivity index (χ4n) is 4.55. The molecule has 0 rings (SSSR count). The van der Waals surface area contributed by atoms with Gasteiger partial charge in [-0.25, -0.2) is 0 Å². The molecule has 0 fully saturated rings. The highest BCUT2D eigenvalue weighted by Gasteiger charge is 2.46. The Balaban J connectivity index is 4.97. The summed E-state index contributed by atoms with van der Waals surface area (Å²) in [6, 6.07) is 0. The summed E-state index contributed by atoms with van der Waals surface area (Å²) in [5, 5.41) is 1.13. The Bertz CT molecular complexity index is 312. The normalized spacial score (nSPS) is 15.2. The van der Waals surface area contributed by atoms with Gasteiger partial charge in [0, 0.05) is 16.3 Å². The third-order valence-corrected chi connectivity index (χ3v) is 13.5. The molecule has 0 heterocycles. The Morgan fingerprint density at radius 1 is 0.731 bits per heavy atom. The second kappa shape index (κ2) is 15.0. The fourth-order valence-corrected chi connectivity index (χ4v) is 11.2. The molecule has 4 heteroatoms. The maximum atomic E-state index is 7.16. The quantitative estimate of drug-likeness (QED) is 0.113. The van der Waals surface area contributed by atoms with Crippen molar-refractivity contribution in [3.8, 4) is 0 Å². The van der Waals surface area contributed by atoms with Gasteiger partial charge in [-0.1, -0.05) is 106 Å². The summed E-state index contributed by atoms with van der Waals surface area (Å²) in [5.41, 5.74) is 2.03. The minimum atomic E-state index is -1.78. The van der Waals surface area contributed by atoms with Crippen LogP contribution in [0.15, 0.2) is 0 Å². The van der Waals surface area contributed by atoms with E-state index in [2.05, 4.69) is 80.3 Å². The molecule has 0 unspecified atom stereocenters. The summed E-state index contributed by atoms with van der Waals surface area (Å²) in [6.45, 7) is 16.7. The van der Waals surface area contributed by atoms with E-state index in [0.29, 0.717) is 27.6 Å². The van der Waals surface area contributed by atoms with Gasteiger partial charge < -0.3 is 4.43 Å². The van der Waals surface area contributed by atoms with E-state index in [1.165, 1.54) is 57.8 Å². The van der Waals surface area contributed by atoms with Gasteiger partial charge in [-0.15, -0.1) is 0 Å². The molecule has 0 bridgehead atoms. The zero-order chi connectivity index (χ0) is 20.2. The Labute approximate surface area is 183 Å². The molecule has 0 aliphatic heterocycles. The first-order valence-corrected chi connectivity index (χ1v) is 15.3. The Kier molecular flexibility index (Phi) is 15.7. The van der Waals surface area contributed by atoms with Gasteiger partial charge in [-0.3, -0.25) is 0 Å². The van der Waals surface area contributed by atoms with Crippen molar-refractivity contribution in [1.82, 2.24) is 0 Å². The van der Waals surface area contributed by atoms with E-state index in [1.54, 1.807) is 0 Å². The van der Waals surface area contributed by atoms with Gasteiger partial charge in [0.15, 0.2) is 0 Å². The third-order valence-electron chi connectivity index (χ3n) is 5.91. The minimum Gasteiger partial charge on any atom is -0.413 e. The largest absolute Gasteiger partial charge is 0.413 e. The van der Waals surface area contributed by atoms with Gasteiger partial charge in [0.1, 0.15) is 0 Å². The SMILES string of the molecule is CCCCC[C@@H](CC[C@H](Br)CCCCBr)O[Si](C(C)C)(C(C)C)C(C)C.